The van der Waals surface area contributed by atoms with Gasteiger partial charge in [0.2, 0.25) is 0 Å². The fourth-order valence-electron chi connectivity index (χ4n) is 15.0. The van der Waals surface area contributed by atoms with Gasteiger partial charge in [-0.1, -0.05) is 235 Å². The van der Waals surface area contributed by atoms with E-state index in [1.165, 1.54) is 35.1 Å². The highest BCUT2D eigenvalue weighted by Gasteiger charge is 2.39. The Morgan fingerprint density at radius 1 is 0.358 bits per heavy atom. The normalized spacial score (nSPS) is 15.0. The molecule has 6 amide bonds. The van der Waals surface area contributed by atoms with E-state index in [1.54, 1.807) is 60.3 Å². The van der Waals surface area contributed by atoms with Crippen LogP contribution in [0.2, 0.25) is 0 Å². The van der Waals surface area contributed by atoms with Crippen LogP contribution in [-0.2, 0) is 21.7 Å². The van der Waals surface area contributed by atoms with Gasteiger partial charge in [-0.3, -0.25) is 28.8 Å². The molecule has 12 bridgehead atoms. The second-order valence-corrected chi connectivity index (χ2v) is 34.8. The van der Waals surface area contributed by atoms with Crippen molar-refractivity contribution in [1.82, 2.24) is 9.80 Å². The van der Waals surface area contributed by atoms with Gasteiger partial charge in [-0.15, -0.1) is 0 Å². The van der Waals surface area contributed by atoms with Gasteiger partial charge in [0.1, 0.15) is 0 Å². The molecule has 2 aliphatic carbocycles. The molecule has 4 N–H and O–H groups in total. The molecule has 0 radical (unpaired) electrons. The predicted molar refractivity (Wildman–Crippen MR) is 443 cm³/mol. The Kier molecular flexibility index (Phi) is 28.5. The van der Waals surface area contributed by atoms with E-state index >= 15 is 0 Å². The van der Waals surface area contributed by atoms with E-state index in [-0.39, 0.29) is 57.1 Å². The van der Waals surface area contributed by atoms with Crippen LogP contribution in [0.25, 0.3) is 0 Å². The minimum absolute atomic E-state index is 0.0406. The number of aryl methyl sites for hydroxylation is 8. The molecule has 2 fully saturated rings. The van der Waals surface area contributed by atoms with Crippen LogP contribution in [0, 0.1) is 55.4 Å². The number of halogens is 6. The summed E-state index contributed by atoms with van der Waals surface area (Å²) in [6, 6.07) is 47.4. The smallest absolute Gasteiger partial charge is 0.255 e. The number of hydrogen-bond donors (Lipinski definition) is 4. The van der Waals surface area contributed by atoms with Crippen LogP contribution in [0.15, 0.2) is 146 Å². The first-order valence-corrected chi connectivity index (χ1v) is 38.9. The number of nitrogens with one attached hydrogen (secondary N) is 4. The van der Waals surface area contributed by atoms with Crippen LogP contribution < -0.4 is 21.3 Å². The fraction of sp³-hybridized carbons (Fsp3) is 0.386. The summed E-state index contributed by atoms with van der Waals surface area (Å²) in [6.07, 6.45) is 10.6. The van der Waals surface area contributed by atoms with Gasteiger partial charge < -0.3 is 31.1 Å². The second kappa shape index (κ2) is 36.0. The van der Waals surface area contributed by atoms with Crippen LogP contribution >= 0.6 is 69.6 Å². The Morgan fingerprint density at radius 3 is 0.764 bits per heavy atom. The van der Waals surface area contributed by atoms with Crippen molar-refractivity contribution in [3.63, 3.8) is 0 Å². The number of anilines is 4. The van der Waals surface area contributed by atoms with E-state index in [0.29, 0.717) is 46.5 Å². The number of benzene rings is 8. The van der Waals surface area contributed by atoms with Gasteiger partial charge in [-0.2, -0.15) is 0 Å². The number of carbonyl (C=O) groups excluding carboxylic acids is 6. The van der Waals surface area contributed by atoms with Crippen LogP contribution in [0.3, 0.4) is 0 Å². The number of hydrogen-bond acceptors (Lipinski definition) is 6. The molecular formula is C88H102Cl6N6O6. The third-order valence-electron chi connectivity index (χ3n) is 20.9. The molecule has 0 saturated heterocycles. The van der Waals surface area contributed by atoms with Gasteiger partial charge in [-0.25, -0.2) is 0 Å². The van der Waals surface area contributed by atoms with Gasteiger partial charge in [0.25, 0.3) is 35.4 Å². The lowest BCUT2D eigenvalue weighted by Crippen LogP contribution is -2.37. The van der Waals surface area contributed by atoms with Gasteiger partial charge in [-0.05, 0) is 230 Å². The number of nitrogens with zero attached hydrogens (tertiary/aromatic N) is 2. The fourth-order valence-corrected chi connectivity index (χ4v) is 15.0. The molecule has 10 aliphatic heterocycles. The van der Waals surface area contributed by atoms with Crippen molar-refractivity contribution in [2.45, 2.75) is 191 Å². The maximum atomic E-state index is 14.6. The van der Waals surface area contributed by atoms with Gasteiger partial charge in [0.15, 0.2) is 8.59 Å². The monoisotopic (exact) mass is 1550 g/mol. The van der Waals surface area contributed by atoms with Crippen molar-refractivity contribution in [3.05, 3.63) is 257 Å². The van der Waals surface area contributed by atoms with Crippen molar-refractivity contribution in [3.8, 4) is 0 Å². The third kappa shape index (κ3) is 20.8. The first-order chi connectivity index (χ1) is 49.8. The lowest BCUT2D eigenvalue weighted by atomic mass is 9.64. The van der Waals surface area contributed by atoms with Crippen LogP contribution in [0.4, 0.5) is 22.7 Å². The molecule has 0 atom stereocenters. The molecule has 12 aliphatic rings. The standard InChI is InChI=1S/C68H80N4O4.C18H20N2O2.2CHCl3/c1-39-25-53-26-40(2)57(39)69-61(73)47-33-48(36-51(35-47)65(9,10)11)62(74)71-59-43(5)29-55(30-44(59)6)68(23-19-16-20-24-68)56-31-45(7)60(46(8)32-56)72-64(76)50-34-49(37-52(38-50)66(12,13)14)63(75)70-58-41(3)27-54(28-42(58)4)67(53)21-17-15-18-22-67;1-19(17(21)15-9-5-3-6-10-15)13-14-20(2)18(22)16-11-7-4-8-12-16;2*2-1(3)4/h25-38H,15-24H2,1-14H3,(H,69,73)(H,70,75)(H,71,74)(H,72,76);3-12H,13-14H2,1-2H3;2*1H. The van der Waals surface area contributed by atoms with Crippen molar-refractivity contribution in [2.75, 3.05) is 48.5 Å². The Bertz CT molecular complexity index is 3960. The highest BCUT2D eigenvalue weighted by molar-refractivity contribution is 6.63. The second-order valence-electron chi connectivity index (χ2n) is 30.8. The molecule has 2 saturated carbocycles. The number of carbonyl (C=O) groups is 6. The molecule has 20 rings (SSSR count). The predicted octanol–water partition coefficient (Wildman–Crippen LogP) is 23.1. The first kappa shape index (κ1) is 84.0. The summed E-state index contributed by atoms with van der Waals surface area (Å²) in [5.74, 6) is -1.14. The van der Waals surface area contributed by atoms with Crippen LogP contribution in [0.1, 0.15) is 246 Å². The van der Waals surface area contributed by atoms with E-state index in [4.69, 9.17) is 69.6 Å². The summed E-state index contributed by atoms with van der Waals surface area (Å²) >= 11 is 28.8. The largest absolute Gasteiger partial charge is 0.340 e. The van der Waals surface area contributed by atoms with Crippen molar-refractivity contribution in [2.24, 2.45) is 0 Å². The number of amides is 6. The summed E-state index contributed by atoms with van der Waals surface area (Å²) in [5.41, 5.74) is 19.3. The van der Waals surface area contributed by atoms with E-state index in [2.05, 4.69) is 167 Å². The molecule has 0 aromatic heterocycles. The number of alkyl halides is 6. The summed E-state index contributed by atoms with van der Waals surface area (Å²) < 4.78 is -1.50. The lowest BCUT2D eigenvalue weighted by molar-refractivity contribution is 0.0719. The average molecular weight is 1550 g/mol. The first-order valence-electron chi connectivity index (χ1n) is 36.3. The van der Waals surface area contributed by atoms with Crippen molar-refractivity contribution < 1.29 is 28.8 Å². The molecule has 562 valence electrons. The highest BCUT2D eigenvalue weighted by atomic mass is 35.6. The zero-order valence-corrected chi connectivity index (χ0v) is 68.6. The van der Waals surface area contributed by atoms with E-state index in [9.17, 15) is 28.8 Å². The van der Waals surface area contributed by atoms with Crippen molar-refractivity contribution >= 4 is 128 Å². The molecule has 8 aromatic carbocycles. The lowest BCUT2D eigenvalue weighted by Gasteiger charge is -2.40. The molecule has 10 heterocycles. The molecule has 2 spiro atoms. The SMILES string of the molecule is CN(CCN(C)C(=O)c1ccccc1)C(=O)c1ccccc1.Cc1cc2cc(C)c1NC(=O)c1cc(cc(C(C)(C)C)c1)C(=O)Nc1c(C)cc(cc1C)C1(CCCCC1)c1cc(C)c(c(C)c1)NC(=O)c1cc(cc(C(C)(C)C)c1)C(=O)Nc1c(C)cc(cc1C)C21CCCCC1.ClC(Cl)Cl.ClC(Cl)Cl. The number of rotatable bonds is 5. The molecule has 18 heteroatoms. The maximum Gasteiger partial charge on any atom is 0.255 e. The quantitative estimate of drug-likeness (QED) is 0.126. The Morgan fingerprint density at radius 2 is 0.566 bits per heavy atom. The van der Waals surface area contributed by atoms with Gasteiger partial charge in [0.05, 0.1) is 0 Å². The maximum absolute atomic E-state index is 14.6. The molecule has 12 nitrogen and oxygen atoms in total. The van der Waals surface area contributed by atoms with E-state index in [1.807, 2.05) is 60.7 Å². The Hall–Kier alpha value is -7.68. The topological polar surface area (TPSA) is 157 Å². The summed E-state index contributed by atoms with van der Waals surface area (Å²) in [6.45, 7) is 30.2. The summed E-state index contributed by atoms with van der Waals surface area (Å²) in [4.78, 5) is 86.0. The highest BCUT2D eigenvalue weighted by Crippen LogP contribution is 2.50. The van der Waals surface area contributed by atoms with Crippen LogP contribution in [-0.4, -0.2) is 81.0 Å². The zero-order valence-electron chi connectivity index (χ0n) is 64.1. The minimum Gasteiger partial charge on any atom is -0.340 e. The molecular weight excluding hydrogens is 1450 g/mol. The summed E-state index contributed by atoms with van der Waals surface area (Å²) in [5, 5.41) is 13.2. The molecule has 106 heavy (non-hydrogen) atoms. The zero-order chi connectivity index (χ0) is 77.9. The Balaban J connectivity index is 0.000000393. The molecule has 0 unspecified atom stereocenters. The van der Waals surface area contributed by atoms with Gasteiger partial charge >= 0.3 is 0 Å². The average Bonchev–Trinajstić information content (AvgIpc) is 0.757. The third-order valence-corrected chi connectivity index (χ3v) is 20.9. The van der Waals surface area contributed by atoms with E-state index in [0.717, 1.165) is 130 Å². The number of likely N-dealkylation sites (N-methyl/N-ethyl adjacent to an activating group) is 2. The summed E-state index contributed by atoms with van der Waals surface area (Å²) in [7, 11) is 3.49. The van der Waals surface area contributed by atoms with E-state index < -0.39 is 8.59 Å². The van der Waals surface area contributed by atoms with Crippen LogP contribution in [0.5, 0.6) is 0 Å². The Labute approximate surface area is 658 Å². The van der Waals surface area contributed by atoms with Gasteiger partial charge in [0, 0.05) is 94.1 Å². The minimum atomic E-state index is -0.750. The van der Waals surface area contributed by atoms with Crippen molar-refractivity contribution in [1.29, 1.82) is 0 Å². The molecule has 8 aromatic rings.